The number of carbonyl (C=O) groups is 1. The molecule has 6 rings (SSSR count). The zero-order valence-electron chi connectivity index (χ0n) is 25.4. The standard InChI is InChI=1S/C30H40FN7O5S/c1-35(2)44(40,41)34-30(39)25-17-26(36-13-11-22(12-14-36)37-15-16-43-24(18-37)19-42-3)27-28(20-5-4-6-20)33-38(29(27)32-25)23-9-7-21(31)8-10-23/h7-10,17,20,22,24H,4-6,11-16,18-19H2,1-3H3,(H,34,39). The van der Waals surface area contributed by atoms with Gasteiger partial charge in [-0.1, -0.05) is 6.42 Å². The minimum atomic E-state index is -4.04. The Labute approximate surface area is 257 Å². The third kappa shape index (κ3) is 6.18. The Hall–Kier alpha value is -3.17. The summed E-state index contributed by atoms with van der Waals surface area (Å²) in [5.41, 5.74) is 2.75. The van der Waals surface area contributed by atoms with Gasteiger partial charge in [-0.25, -0.2) is 18.8 Å². The van der Waals surface area contributed by atoms with E-state index in [-0.39, 0.29) is 23.5 Å². The number of fused-ring (bicyclic) bond motifs is 1. The van der Waals surface area contributed by atoms with Gasteiger partial charge in [-0.15, -0.1) is 0 Å². The van der Waals surface area contributed by atoms with E-state index in [1.165, 1.54) is 26.2 Å². The highest BCUT2D eigenvalue weighted by molar-refractivity contribution is 7.87. The number of carbonyl (C=O) groups excluding carboxylic acids is 1. The summed E-state index contributed by atoms with van der Waals surface area (Å²) in [6, 6.07) is 8.07. The van der Waals surface area contributed by atoms with E-state index in [1.54, 1.807) is 30.0 Å². The van der Waals surface area contributed by atoms with Gasteiger partial charge in [0.1, 0.15) is 11.5 Å². The Balaban J connectivity index is 1.39. The molecule has 3 aliphatic rings. The summed E-state index contributed by atoms with van der Waals surface area (Å²) in [5.74, 6) is -0.952. The van der Waals surface area contributed by atoms with E-state index >= 15 is 0 Å². The minimum absolute atomic E-state index is 0.0287. The Morgan fingerprint density at radius 3 is 2.50 bits per heavy atom. The first kappa shape index (κ1) is 30.8. The molecule has 3 aromatic rings. The van der Waals surface area contributed by atoms with Gasteiger partial charge in [0.15, 0.2) is 5.65 Å². The van der Waals surface area contributed by atoms with Crippen LogP contribution in [0.4, 0.5) is 10.1 Å². The van der Waals surface area contributed by atoms with Crippen molar-refractivity contribution >= 4 is 32.8 Å². The summed E-state index contributed by atoms with van der Waals surface area (Å²) < 4.78 is 54.9. The van der Waals surface area contributed by atoms with Gasteiger partial charge in [0.25, 0.3) is 5.91 Å². The summed E-state index contributed by atoms with van der Waals surface area (Å²) >= 11 is 0. The van der Waals surface area contributed by atoms with Crippen molar-refractivity contribution in [2.75, 3.05) is 65.5 Å². The maximum absolute atomic E-state index is 13.9. The lowest BCUT2D eigenvalue weighted by Gasteiger charge is -2.43. The Morgan fingerprint density at radius 2 is 1.86 bits per heavy atom. The van der Waals surface area contributed by atoms with Gasteiger partial charge < -0.3 is 14.4 Å². The second kappa shape index (κ2) is 12.7. The van der Waals surface area contributed by atoms with Crippen LogP contribution in [-0.4, -0.2) is 111 Å². The van der Waals surface area contributed by atoms with Crippen LogP contribution in [0.2, 0.25) is 0 Å². The first-order valence-electron chi connectivity index (χ1n) is 15.2. The normalized spacial score (nSPS) is 20.8. The number of morpholine rings is 1. The quantitative estimate of drug-likeness (QED) is 0.381. The maximum atomic E-state index is 13.9. The van der Waals surface area contributed by atoms with E-state index in [0.717, 1.165) is 79.4 Å². The van der Waals surface area contributed by atoms with E-state index in [0.29, 0.717) is 30.6 Å². The molecule has 0 radical (unpaired) electrons. The first-order chi connectivity index (χ1) is 21.1. The van der Waals surface area contributed by atoms with Crippen LogP contribution in [0, 0.1) is 5.82 Å². The summed E-state index contributed by atoms with van der Waals surface area (Å²) in [5, 5.41) is 5.85. The molecule has 4 heterocycles. The fourth-order valence-electron chi connectivity index (χ4n) is 6.31. The van der Waals surface area contributed by atoms with E-state index in [9.17, 15) is 17.6 Å². The third-order valence-electron chi connectivity index (χ3n) is 8.99. The van der Waals surface area contributed by atoms with Crippen molar-refractivity contribution in [2.45, 2.75) is 50.2 Å². The number of hydrogen-bond donors (Lipinski definition) is 1. The van der Waals surface area contributed by atoms with Crippen molar-refractivity contribution in [3.63, 3.8) is 0 Å². The topological polar surface area (TPSA) is 122 Å². The van der Waals surface area contributed by atoms with Crippen molar-refractivity contribution in [2.24, 2.45) is 0 Å². The van der Waals surface area contributed by atoms with Crippen LogP contribution in [0.15, 0.2) is 30.3 Å². The van der Waals surface area contributed by atoms with Gasteiger partial charge in [0, 0.05) is 59.3 Å². The van der Waals surface area contributed by atoms with Crippen molar-refractivity contribution in [3.05, 3.63) is 47.5 Å². The molecular formula is C30H40FN7O5S. The molecular weight excluding hydrogens is 589 g/mol. The largest absolute Gasteiger partial charge is 0.382 e. The molecule has 238 valence electrons. The number of ether oxygens (including phenoxy) is 2. The van der Waals surface area contributed by atoms with Crippen molar-refractivity contribution < 1.29 is 27.1 Å². The van der Waals surface area contributed by atoms with E-state index in [4.69, 9.17) is 19.6 Å². The highest BCUT2D eigenvalue weighted by Crippen LogP contribution is 2.43. The van der Waals surface area contributed by atoms with Gasteiger partial charge in [0.05, 0.1) is 41.8 Å². The smallest absolute Gasteiger partial charge is 0.303 e. The van der Waals surface area contributed by atoms with Gasteiger partial charge >= 0.3 is 10.2 Å². The van der Waals surface area contributed by atoms with E-state index in [1.807, 2.05) is 0 Å². The van der Waals surface area contributed by atoms with Crippen LogP contribution in [-0.2, 0) is 19.7 Å². The zero-order valence-corrected chi connectivity index (χ0v) is 26.2. The zero-order chi connectivity index (χ0) is 31.0. The van der Waals surface area contributed by atoms with Crippen LogP contribution < -0.4 is 9.62 Å². The summed E-state index contributed by atoms with van der Waals surface area (Å²) in [6.07, 6.45) is 5.01. The molecule has 1 amide bonds. The summed E-state index contributed by atoms with van der Waals surface area (Å²) in [4.78, 5) is 22.8. The Morgan fingerprint density at radius 1 is 1.14 bits per heavy atom. The molecule has 1 atom stereocenters. The second-order valence-corrected chi connectivity index (χ2v) is 13.9. The van der Waals surface area contributed by atoms with Crippen LogP contribution in [0.5, 0.6) is 0 Å². The molecule has 0 bridgehead atoms. The monoisotopic (exact) mass is 629 g/mol. The fourth-order valence-corrected chi connectivity index (χ4v) is 6.83. The highest BCUT2D eigenvalue weighted by atomic mass is 32.2. The Kier molecular flexibility index (Phi) is 8.88. The van der Waals surface area contributed by atoms with Gasteiger partial charge in [-0.3, -0.25) is 9.69 Å². The number of anilines is 1. The number of benzene rings is 1. The fraction of sp³-hybridized carbons (Fsp3) is 0.567. The minimum Gasteiger partial charge on any atom is -0.382 e. The lowest BCUT2D eigenvalue weighted by atomic mass is 9.82. The molecule has 1 aliphatic carbocycles. The number of methoxy groups -OCH3 is 1. The van der Waals surface area contributed by atoms with Crippen molar-refractivity contribution in [1.29, 1.82) is 0 Å². The number of amides is 1. The Bertz CT molecular complexity index is 1600. The average molecular weight is 630 g/mol. The molecule has 12 nitrogen and oxygen atoms in total. The predicted molar refractivity (Wildman–Crippen MR) is 164 cm³/mol. The molecule has 2 aromatic heterocycles. The third-order valence-corrected chi connectivity index (χ3v) is 10.4. The number of nitrogens with one attached hydrogen (secondary N) is 1. The predicted octanol–water partition coefficient (Wildman–Crippen LogP) is 2.68. The van der Waals surface area contributed by atoms with Crippen LogP contribution in [0.1, 0.15) is 54.2 Å². The lowest BCUT2D eigenvalue weighted by molar-refractivity contribution is -0.0740. The number of pyridine rings is 1. The summed E-state index contributed by atoms with van der Waals surface area (Å²) in [7, 11) is 0.346. The van der Waals surface area contributed by atoms with Gasteiger partial charge in [-0.05, 0) is 56.0 Å². The number of halogens is 1. The van der Waals surface area contributed by atoms with Crippen LogP contribution in [0.3, 0.4) is 0 Å². The lowest BCUT2D eigenvalue weighted by Crippen LogP contribution is -2.52. The molecule has 1 saturated carbocycles. The van der Waals surface area contributed by atoms with Crippen molar-refractivity contribution in [3.8, 4) is 5.69 Å². The highest BCUT2D eigenvalue weighted by Gasteiger charge is 2.34. The van der Waals surface area contributed by atoms with Crippen LogP contribution in [0.25, 0.3) is 16.7 Å². The van der Waals surface area contributed by atoms with Crippen molar-refractivity contribution in [1.82, 2.24) is 28.7 Å². The molecule has 1 unspecified atom stereocenters. The summed E-state index contributed by atoms with van der Waals surface area (Å²) in [6.45, 7) is 4.46. The maximum Gasteiger partial charge on any atom is 0.303 e. The number of piperidine rings is 1. The molecule has 2 aliphatic heterocycles. The van der Waals surface area contributed by atoms with E-state index in [2.05, 4.69) is 14.5 Å². The molecule has 44 heavy (non-hydrogen) atoms. The SMILES string of the molecule is COCC1CN(C2CCN(c3cc(C(=O)NS(=O)(=O)N(C)C)nc4c3c(C3CCC3)nn4-c3ccc(F)cc3)CC2)CCO1. The molecule has 0 spiro atoms. The second-order valence-electron chi connectivity index (χ2n) is 12.0. The van der Waals surface area contributed by atoms with Gasteiger partial charge in [0.2, 0.25) is 0 Å². The number of nitrogens with zero attached hydrogens (tertiary/aromatic N) is 6. The first-order valence-corrected chi connectivity index (χ1v) is 16.6. The van der Waals surface area contributed by atoms with Crippen LogP contribution >= 0.6 is 0 Å². The molecule has 1 N–H and O–H groups in total. The number of hydrogen-bond acceptors (Lipinski definition) is 9. The molecule has 14 heteroatoms. The molecule has 2 saturated heterocycles. The van der Waals surface area contributed by atoms with E-state index < -0.39 is 16.1 Å². The molecule has 1 aromatic carbocycles. The molecule has 3 fully saturated rings. The average Bonchev–Trinajstić information content (AvgIpc) is 3.35. The van der Waals surface area contributed by atoms with Gasteiger partial charge in [-0.2, -0.15) is 17.8 Å². The number of aromatic nitrogens is 3. The number of rotatable bonds is 9.